The molecule has 2 heterocycles. The van der Waals surface area contributed by atoms with Crippen molar-refractivity contribution in [2.45, 2.75) is 26.8 Å². The maximum atomic E-state index is 13.7. The molecule has 1 aliphatic heterocycles. The van der Waals surface area contributed by atoms with Crippen LogP contribution in [0.1, 0.15) is 37.9 Å². The number of thiazole rings is 1. The van der Waals surface area contributed by atoms with E-state index in [9.17, 15) is 24.5 Å². The number of nitro benzene ring substituents is 1. The summed E-state index contributed by atoms with van der Waals surface area (Å²) < 4.78 is 12.8. The number of carbonyl (C=O) groups excluding carboxylic acids is 2. The Morgan fingerprint density at radius 1 is 1.27 bits per heavy atom. The van der Waals surface area contributed by atoms with Crippen LogP contribution >= 0.6 is 27.3 Å². The fraction of sp³-hybridized carbons (Fsp3) is 0.200. The SMILES string of the molecule is CCOC(=O)C1=C(C)N=c2s/c(=C/c3cc(Br)ccc3OC(C)=O)c(=O)n2C1c1cccc([N+](=O)[O-])c1. The molecular formula is C25H20BrN3O7S. The van der Waals surface area contributed by atoms with Crippen LogP contribution in [0.2, 0.25) is 0 Å². The molecule has 0 radical (unpaired) electrons. The highest BCUT2D eigenvalue weighted by molar-refractivity contribution is 9.10. The number of carbonyl (C=O) groups is 2. The van der Waals surface area contributed by atoms with Gasteiger partial charge in [0.25, 0.3) is 11.2 Å². The monoisotopic (exact) mass is 585 g/mol. The summed E-state index contributed by atoms with van der Waals surface area (Å²) >= 11 is 4.47. The summed E-state index contributed by atoms with van der Waals surface area (Å²) in [5.74, 6) is -0.919. The zero-order chi connectivity index (χ0) is 26.9. The van der Waals surface area contributed by atoms with Crippen molar-refractivity contribution in [2.24, 2.45) is 4.99 Å². The number of hydrogen-bond acceptors (Lipinski definition) is 9. The van der Waals surface area contributed by atoms with Gasteiger partial charge in [0.15, 0.2) is 4.80 Å². The molecule has 4 rings (SSSR count). The molecular weight excluding hydrogens is 566 g/mol. The Morgan fingerprint density at radius 2 is 2.03 bits per heavy atom. The number of nitrogens with zero attached hydrogens (tertiary/aromatic N) is 3. The van der Waals surface area contributed by atoms with Crippen molar-refractivity contribution in [2.75, 3.05) is 6.61 Å². The van der Waals surface area contributed by atoms with E-state index in [-0.39, 0.29) is 28.1 Å². The van der Waals surface area contributed by atoms with Crippen LogP contribution in [-0.4, -0.2) is 28.0 Å². The van der Waals surface area contributed by atoms with E-state index in [1.165, 1.54) is 29.7 Å². The second-order valence-corrected chi connectivity index (χ2v) is 9.85. The topological polar surface area (TPSA) is 130 Å². The van der Waals surface area contributed by atoms with Crippen molar-refractivity contribution in [3.63, 3.8) is 0 Å². The third-order valence-corrected chi connectivity index (χ3v) is 6.90. The van der Waals surface area contributed by atoms with Gasteiger partial charge >= 0.3 is 11.9 Å². The number of esters is 2. The molecule has 190 valence electrons. The number of ether oxygens (including phenoxy) is 2. The van der Waals surface area contributed by atoms with Gasteiger partial charge in [-0.05, 0) is 43.7 Å². The second kappa shape index (κ2) is 10.6. The van der Waals surface area contributed by atoms with Crippen molar-refractivity contribution < 1.29 is 24.0 Å². The van der Waals surface area contributed by atoms with Gasteiger partial charge in [-0.15, -0.1) is 0 Å². The molecule has 1 atom stereocenters. The Morgan fingerprint density at radius 3 is 2.70 bits per heavy atom. The second-order valence-electron chi connectivity index (χ2n) is 7.93. The van der Waals surface area contributed by atoms with Gasteiger partial charge in [0.2, 0.25) is 0 Å². The van der Waals surface area contributed by atoms with Crippen molar-refractivity contribution in [3.05, 3.63) is 99.1 Å². The minimum Gasteiger partial charge on any atom is -0.463 e. The summed E-state index contributed by atoms with van der Waals surface area (Å²) in [5, 5.41) is 11.4. The van der Waals surface area contributed by atoms with Crippen molar-refractivity contribution >= 4 is 51.0 Å². The number of allylic oxidation sites excluding steroid dienone is 1. The van der Waals surface area contributed by atoms with Crippen molar-refractivity contribution in [1.29, 1.82) is 0 Å². The smallest absolute Gasteiger partial charge is 0.338 e. The standard InChI is InChI=1S/C25H20BrN3O7S/c1-4-35-24(32)21-13(2)27-25-28(22(21)15-6-5-7-18(11-15)29(33)34)23(31)20(37-25)12-16-10-17(26)8-9-19(16)36-14(3)30/h5-12,22H,4H2,1-3H3/b20-12+. The van der Waals surface area contributed by atoms with Gasteiger partial charge in [-0.3, -0.25) is 24.3 Å². The Hall–Kier alpha value is -3.90. The number of halogens is 1. The first-order valence-electron chi connectivity index (χ1n) is 11.0. The van der Waals surface area contributed by atoms with Crippen LogP contribution in [0.3, 0.4) is 0 Å². The normalized spacial score (nSPS) is 15.1. The molecule has 1 aliphatic rings. The highest BCUT2D eigenvalue weighted by atomic mass is 79.9. The van der Waals surface area contributed by atoms with Crippen molar-refractivity contribution in [3.8, 4) is 5.75 Å². The van der Waals surface area contributed by atoms with Gasteiger partial charge in [0.05, 0.1) is 33.4 Å². The van der Waals surface area contributed by atoms with E-state index in [0.29, 0.717) is 26.1 Å². The average Bonchev–Trinajstić information content (AvgIpc) is 3.14. The number of hydrogen-bond donors (Lipinski definition) is 0. The molecule has 3 aromatic rings. The Labute approximate surface area is 222 Å². The van der Waals surface area contributed by atoms with Gasteiger partial charge in [-0.1, -0.05) is 39.4 Å². The minimum atomic E-state index is -0.993. The highest BCUT2D eigenvalue weighted by Crippen LogP contribution is 2.32. The predicted molar refractivity (Wildman–Crippen MR) is 139 cm³/mol. The zero-order valence-electron chi connectivity index (χ0n) is 19.9. The number of nitro groups is 1. The Balaban J connectivity index is 1.98. The van der Waals surface area contributed by atoms with Crippen LogP contribution in [0.15, 0.2) is 68.0 Å². The van der Waals surface area contributed by atoms with Crippen LogP contribution < -0.4 is 19.6 Å². The van der Waals surface area contributed by atoms with Crippen LogP contribution in [0.25, 0.3) is 6.08 Å². The molecule has 0 bridgehead atoms. The third-order valence-electron chi connectivity index (χ3n) is 5.43. The molecule has 0 saturated carbocycles. The van der Waals surface area contributed by atoms with E-state index >= 15 is 0 Å². The number of non-ortho nitro benzene ring substituents is 1. The first kappa shape index (κ1) is 26.2. The number of fused-ring (bicyclic) bond motifs is 1. The third kappa shape index (κ3) is 5.30. The summed E-state index contributed by atoms with van der Waals surface area (Å²) in [6.45, 7) is 4.66. The van der Waals surface area contributed by atoms with E-state index in [2.05, 4.69) is 20.9 Å². The molecule has 0 amide bonds. The van der Waals surface area contributed by atoms with E-state index in [1.54, 1.807) is 44.2 Å². The first-order valence-corrected chi connectivity index (χ1v) is 12.6. The molecule has 1 aromatic heterocycles. The lowest BCUT2D eigenvalue weighted by molar-refractivity contribution is -0.384. The van der Waals surface area contributed by atoms with E-state index in [0.717, 1.165) is 11.3 Å². The number of rotatable bonds is 6. The molecule has 0 aliphatic carbocycles. The van der Waals surface area contributed by atoms with Crippen LogP contribution in [0.4, 0.5) is 5.69 Å². The van der Waals surface area contributed by atoms with Crippen LogP contribution in [-0.2, 0) is 14.3 Å². The van der Waals surface area contributed by atoms with Gasteiger partial charge < -0.3 is 9.47 Å². The minimum absolute atomic E-state index is 0.101. The summed E-state index contributed by atoms with van der Waals surface area (Å²) in [7, 11) is 0. The zero-order valence-corrected chi connectivity index (χ0v) is 22.3. The molecule has 37 heavy (non-hydrogen) atoms. The quantitative estimate of drug-likeness (QED) is 0.187. The van der Waals surface area contributed by atoms with E-state index < -0.39 is 28.5 Å². The summed E-state index contributed by atoms with van der Waals surface area (Å²) in [6, 6.07) is 9.77. The maximum absolute atomic E-state index is 13.7. The number of benzene rings is 2. The molecule has 12 heteroatoms. The molecule has 0 N–H and O–H groups in total. The van der Waals surface area contributed by atoms with Gasteiger partial charge in [0.1, 0.15) is 5.75 Å². The van der Waals surface area contributed by atoms with E-state index in [4.69, 9.17) is 9.47 Å². The fourth-order valence-corrected chi connectivity index (χ4v) is 5.35. The molecule has 10 nitrogen and oxygen atoms in total. The molecule has 0 spiro atoms. The van der Waals surface area contributed by atoms with Crippen LogP contribution in [0.5, 0.6) is 5.75 Å². The summed E-state index contributed by atoms with van der Waals surface area (Å²) in [6.07, 6.45) is 1.57. The first-order chi connectivity index (χ1) is 17.6. The summed E-state index contributed by atoms with van der Waals surface area (Å²) in [4.78, 5) is 54.0. The van der Waals surface area contributed by atoms with Gasteiger partial charge in [-0.2, -0.15) is 0 Å². The average molecular weight is 586 g/mol. The molecule has 0 saturated heterocycles. The van der Waals surface area contributed by atoms with E-state index in [1.807, 2.05) is 0 Å². The lowest BCUT2D eigenvalue weighted by Gasteiger charge is -2.24. The Kier molecular flexibility index (Phi) is 7.50. The number of aromatic nitrogens is 1. The molecule has 2 aromatic carbocycles. The maximum Gasteiger partial charge on any atom is 0.338 e. The largest absolute Gasteiger partial charge is 0.463 e. The Bertz CT molecular complexity index is 1660. The lowest BCUT2D eigenvalue weighted by Crippen LogP contribution is -2.40. The highest BCUT2D eigenvalue weighted by Gasteiger charge is 2.34. The van der Waals surface area contributed by atoms with Gasteiger partial charge in [-0.25, -0.2) is 9.79 Å². The summed E-state index contributed by atoms with van der Waals surface area (Å²) in [5.41, 5.74) is 0.640. The van der Waals surface area contributed by atoms with Crippen molar-refractivity contribution in [1.82, 2.24) is 4.57 Å². The fourth-order valence-electron chi connectivity index (χ4n) is 3.94. The molecule has 0 fully saturated rings. The van der Waals surface area contributed by atoms with Crippen LogP contribution in [0, 0.1) is 10.1 Å². The lowest BCUT2D eigenvalue weighted by atomic mass is 9.95. The molecule has 1 unspecified atom stereocenters. The predicted octanol–water partition coefficient (Wildman–Crippen LogP) is 3.39. The van der Waals surface area contributed by atoms with Gasteiger partial charge in [0, 0.05) is 29.1 Å².